The molecule has 1 amide bonds. The number of anilines is 1. The SMILES string of the molecule is CC1Oc2ccc(-c3nnc(CN)s3)cc2N(C)C1=O. The van der Waals surface area contributed by atoms with E-state index < -0.39 is 6.10 Å². The van der Waals surface area contributed by atoms with Crippen LogP contribution in [-0.4, -0.2) is 29.3 Å². The third-order valence-corrected chi connectivity index (χ3v) is 4.19. The fourth-order valence-electron chi connectivity index (χ4n) is 2.10. The van der Waals surface area contributed by atoms with Crippen LogP contribution in [0.4, 0.5) is 5.69 Å². The number of amides is 1. The van der Waals surface area contributed by atoms with Gasteiger partial charge in [-0.25, -0.2) is 0 Å². The van der Waals surface area contributed by atoms with E-state index in [-0.39, 0.29) is 5.91 Å². The fourth-order valence-corrected chi connectivity index (χ4v) is 2.81. The van der Waals surface area contributed by atoms with Crippen molar-refractivity contribution in [2.45, 2.75) is 19.6 Å². The van der Waals surface area contributed by atoms with Crippen LogP contribution >= 0.6 is 11.3 Å². The number of hydrogen-bond acceptors (Lipinski definition) is 6. The Balaban J connectivity index is 2.02. The smallest absolute Gasteiger partial charge is 0.267 e. The maximum Gasteiger partial charge on any atom is 0.267 e. The van der Waals surface area contributed by atoms with Gasteiger partial charge in [0.1, 0.15) is 15.8 Å². The first-order chi connectivity index (χ1) is 9.60. The number of fused-ring (bicyclic) bond motifs is 1. The Hall–Kier alpha value is -1.99. The van der Waals surface area contributed by atoms with Gasteiger partial charge in [0.2, 0.25) is 0 Å². The van der Waals surface area contributed by atoms with E-state index in [1.54, 1.807) is 18.9 Å². The third kappa shape index (κ3) is 2.04. The number of aromatic nitrogens is 2. The first-order valence-electron chi connectivity index (χ1n) is 6.21. The molecule has 0 saturated carbocycles. The molecule has 3 rings (SSSR count). The quantitative estimate of drug-likeness (QED) is 0.904. The van der Waals surface area contributed by atoms with Crippen LogP contribution in [0.5, 0.6) is 5.75 Å². The Morgan fingerprint density at radius 2 is 2.25 bits per heavy atom. The number of carbonyl (C=O) groups is 1. The van der Waals surface area contributed by atoms with Gasteiger partial charge in [0.15, 0.2) is 6.10 Å². The number of nitrogens with two attached hydrogens (primary N) is 1. The van der Waals surface area contributed by atoms with Crippen molar-refractivity contribution in [3.63, 3.8) is 0 Å². The zero-order valence-electron chi connectivity index (χ0n) is 11.2. The highest BCUT2D eigenvalue weighted by Gasteiger charge is 2.29. The summed E-state index contributed by atoms with van der Waals surface area (Å²) in [6.07, 6.45) is -0.455. The highest BCUT2D eigenvalue weighted by atomic mass is 32.1. The second-order valence-corrected chi connectivity index (χ2v) is 5.61. The highest BCUT2D eigenvalue weighted by Crippen LogP contribution is 2.37. The lowest BCUT2D eigenvalue weighted by molar-refractivity contribution is -0.125. The summed E-state index contributed by atoms with van der Waals surface area (Å²) < 4.78 is 5.59. The second-order valence-electron chi connectivity index (χ2n) is 4.54. The van der Waals surface area contributed by atoms with Crippen molar-refractivity contribution in [2.24, 2.45) is 5.73 Å². The summed E-state index contributed by atoms with van der Waals surface area (Å²) in [6.45, 7) is 2.12. The Kier molecular flexibility index (Phi) is 3.15. The zero-order valence-corrected chi connectivity index (χ0v) is 12.0. The lowest BCUT2D eigenvalue weighted by atomic mass is 10.1. The Morgan fingerprint density at radius 1 is 1.45 bits per heavy atom. The van der Waals surface area contributed by atoms with Gasteiger partial charge in [0.25, 0.3) is 5.91 Å². The van der Waals surface area contributed by atoms with Crippen LogP contribution < -0.4 is 15.4 Å². The maximum absolute atomic E-state index is 11.9. The average Bonchev–Trinajstić information content (AvgIpc) is 2.93. The maximum atomic E-state index is 11.9. The molecule has 1 unspecified atom stereocenters. The standard InChI is InChI=1S/C13H14N4O2S/c1-7-13(18)17(2)9-5-8(3-4-10(9)19-7)12-16-15-11(6-14)20-12/h3-5,7H,6,14H2,1-2H3. The molecule has 0 radical (unpaired) electrons. The van der Waals surface area contributed by atoms with Gasteiger partial charge in [-0.1, -0.05) is 11.3 Å². The summed E-state index contributed by atoms with van der Waals surface area (Å²) in [6, 6.07) is 5.66. The normalized spacial score (nSPS) is 17.9. The van der Waals surface area contributed by atoms with Crippen LogP contribution in [0.25, 0.3) is 10.6 Å². The lowest BCUT2D eigenvalue weighted by Crippen LogP contribution is -2.41. The Bertz CT molecular complexity index is 670. The zero-order chi connectivity index (χ0) is 14.3. The Labute approximate surface area is 120 Å². The largest absolute Gasteiger partial charge is 0.479 e. The van der Waals surface area contributed by atoms with Gasteiger partial charge in [-0.05, 0) is 25.1 Å². The van der Waals surface area contributed by atoms with E-state index in [0.29, 0.717) is 12.3 Å². The molecule has 7 heteroatoms. The summed E-state index contributed by atoms with van der Waals surface area (Å²) in [4.78, 5) is 13.6. The minimum atomic E-state index is -0.455. The van der Waals surface area contributed by atoms with Crippen molar-refractivity contribution >= 4 is 22.9 Å². The van der Waals surface area contributed by atoms with E-state index in [2.05, 4.69) is 10.2 Å². The third-order valence-electron chi connectivity index (χ3n) is 3.19. The number of likely N-dealkylation sites (N-methyl/N-ethyl adjacent to an activating group) is 1. The van der Waals surface area contributed by atoms with Crippen molar-refractivity contribution < 1.29 is 9.53 Å². The molecule has 0 fully saturated rings. The van der Waals surface area contributed by atoms with Crippen molar-refractivity contribution in [3.8, 4) is 16.3 Å². The minimum Gasteiger partial charge on any atom is -0.479 e. The average molecular weight is 290 g/mol. The molecule has 6 nitrogen and oxygen atoms in total. The van der Waals surface area contributed by atoms with Crippen molar-refractivity contribution in [2.75, 3.05) is 11.9 Å². The summed E-state index contributed by atoms with van der Waals surface area (Å²) in [5.74, 6) is 0.640. The Morgan fingerprint density at radius 3 is 2.95 bits per heavy atom. The predicted octanol–water partition coefficient (Wildman–Crippen LogP) is 1.41. The molecule has 0 spiro atoms. The molecule has 0 saturated heterocycles. The van der Waals surface area contributed by atoms with Gasteiger partial charge in [0.05, 0.1) is 5.69 Å². The summed E-state index contributed by atoms with van der Waals surface area (Å²) in [7, 11) is 1.75. The number of carbonyl (C=O) groups excluding carboxylic acids is 1. The number of ether oxygens (including phenoxy) is 1. The van der Waals surface area contributed by atoms with Crippen molar-refractivity contribution in [3.05, 3.63) is 23.2 Å². The van der Waals surface area contributed by atoms with Gasteiger partial charge >= 0.3 is 0 Å². The number of benzene rings is 1. The number of hydrogen-bond donors (Lipinski definition) is 1. The van der Waals surface area contributed by atoms with E-state index in [0.717, 1.165) is 21.3 Å². The molecule has 0 aliphatic carbocycles. The molecular formula is C13H14N4O2S. The first kappa shape index (κ1) is 13.0. The van der Waals surface area contributed by atoms with Gasteiger partial charge in [-0.2, -0.15) is 0 Å². The first-order valence-corrected chi connectivity index (χ1v) is 7.03. The molecule has 2 N–H and O–H groups in total. The minimum absolute atomic E-state index is 0.0606. The summed E-state index contributed by atoms with van der Waals surface area (Å²) >= 11 is 1.45. The fraction of sp³-hybridized carbons (Fsp3) is 0.308. The van der Waals surface area contributed by atoms with E-state index in [1.165, 1.54) is 11.3 Å². The molecule has 1 aromatic heterocycles. The van der Waals surface area contributed by atoms with Gasteiger partial charge in [-0.3, -0.25) is 4.79 Å². The number of rotatable bonds is 2. The molecule has 1 aliphatic heterocycles. The van der Waals surface area contributed by atoms with Crippen molar-refractivity contribution in [1.29, 1.82) is 0 Å². The van der Waals surface area contributed by atoms with Crippen LogP contribution in [-0.2, 0) is 11.3 Å². The van der Waals surface area contributed by atoms with Crippen LogP contribution in [0.2, 0.25) is 0 Å². The van der Waals surface area contributed by atoms with Crippen LogP contribution in [0.3, 0.4) is 0 Å². The molecule has 104 valence electrons. The van der Waals surface area contributed by atoms with Crippen LogP contribution in [0, 0.1) is 0 Å². The van der Waals surface area contributed by atoms with Gasteiger partial charge in [0, 0.05) is 19.2 Å². The lowest BCUT2D eigenvalue weighted by Gasteiger charge is -2.30. The van der Waals surface area contributed by atoms with Gasteiger partial charge in [-0.15, -0.1) is 10.2 Å². The number of nitrogens with zero attached hydrogens (tertiary/aromatic N) is 3. The van der Waals surface area contributed by atoms with Gasteiger partial charge < -0.3 is 15.4 Å². The topological polar surface area (TPSA) is 81.3 Å². The predicted molar refractivity (Wildman–Crippen MR) is 76.7 cm³/mol. The van der Waals surface area contributed by atoms with E-state index >= 15 is 0 Å². The van der Waals surface area contributed by atoms with E-state index in [1.807, 2.05) is 18.2 Å². The summed E-state index contributed by atoms with van der Waals surface area (Å²) in [5, 5.41) is 9.68. The van der Waals surface area contributed by atoms with Crippen molar-refractivity contribution in [1.82, 2.24) is 10.2 Å². The molecule has 0 bridgehead atoms. The van der Waals surface area contributed by atoms with Crippen LogP contribution in [0.1, 0.15) is 11.9 Å². The monoisotopic (exact) mass is 290 g/mol. The van der Waals surface area contributed by atoms with Crippen LogP contribution in [0.15, 0.2) is 18.2 Å². The molecule has 1 aliphatic rings. The molecule has 2 heterocycles. The molecule has 20 heavy (non-hydrogen) atoms. The van der Waals surface area contributed by atoms with E-state index in [9.17, 15) is 4.79 Å². The molecule has 2 aromatic rings. The molecule has 1 atom stereocenters. The highest BCUT2D eigenvalue weighted by molar-refractivity contribution is 7.14. The summed E-state index contributed by atoms with van der Waals surface area (Å²) in [5.41, 5.74) is 7.19. The second kappa shape index (κ2) is 4.84. The van der Waals surface area contributed by atoms with E-state index in [4.69, 9.17) is 10.5 Å². The molecule has 1 aromatic carbocycles. The molecular weight excluding hydrogens is 276 g/mol.